The van der Waals surface area contributed by atoms with Gasteiger partial charge in [-0.3, -0.25) is 0 Å². The van der Waals surface area contributed by atoms with E-state index >= 15 is 0 Å². The van der Waals surface area contributed by atoms with Crippen molar-refractivity contribution in [1.82, 2.24) is 14.9 Å². The van der Waals surface area contributed by atoms with Crippen molar-refractivity contribution in [3.63, 3.8) is 0 Å². The van der Waals surface area contributed by atoms with Crippen molar-refractivity contribution in [2.45, 2.75) is 25.3 Å². The number of benzene rings is 1. The third-order valence-electron chi connectivity index (χ3n) is 3.23. The number of nitrogens with zero attached hydrogens (tertiary/aromatic N) is 1. The lowest BCUT2D eigenvalue weighted by Crippen LogP contribution is -2.34. The minimum Gasteiger partial charge on any atom is -0.316 e. The molecule has 0 amide bonds. The highest BCUT2D eigenvalue weighted by atomic mass is 32.2. The maximum atomic E-state index is 12.1. The summed E-state index contributed by atoms with van der Waals surface area (Å²) in [5.41, 5.74) is 1.06. The molecule has 20 heavy (non-hydrogen) atoms. The van der Waals surface area contributed by atoms with E-state index in [9.17, 15) is 8.42 Å². The molecule has 0 saturated carbocycles. The van der Waals surface area contributed by atoms with Crippen LogP contribution in [-0.2, 0) is 16.6 Å². The Morgan fingerprint density at radius 2 is 1.70 bits per heavy atom. The summed E-state index contributed by atoms with van der Waals surface area (Å²) in [6, 6.07) is 6.95. The van der Waals surface area contributed by atoms with Crippen LogP contribution in [0, 0.1) is 0 Å². The van der Waals surface area contributed by atoms with Crippen LogP contribution in [0.25, 0.3) is 0 Å². The van der Waals surface area contributed by atoms with Crippen LogP contribution in [0.3, 0.4) is 0 Å². The lowest BCUT2D eigenvalue weighted by molar-refractivity contribution is 0.309. The zero-order chi connectivity index (χ0) is 15.0. The Morgan fingerprint density at radius 1 is 1.10 bits per heavy atom. The number of nitrogens with one attached hydrogen (secondary N) is 2. The highest BCUT2D eigenvalue weighted by Crippen LogP contribution is 2.10. The molecule has 0 aromatic heterocycles. The van der Waals surface area contributed by atoms with Gasteiger partial charge in [-0.25, -0.2) is 13.1 Å². The fourth-order valence-corrected chi connectivity index (χ4v) is 2.97. The summed E-state index contributed by atoms with van der Waals surface area (Å²) < 4.78 is 26.9. The van der Waals surface area contributed by atoms with Crippen LogP contribution < -0.4 is 10.0 Å². The van der Waals surface area contributed by atoms with Gasteiger partial charge < -0.3 is 10.2 Å². The summed E-state index contributed by atoms with van der Waals surface area (Å²) in [5.74, 6) is 0. The summed E-state index contributed by atoms with van der Waals surface area (Å²) in [7, 11) is -1.54. The molecule has 1 aromatic rings. The number of sulfonamides is 1. The van der Waals surface area contributed by atoms with Crippen LogP contribution in [0.4, 0.5) is 0 Å². The highest BCUT2D eigenvalue weighted by molar-refractivity contribution is 7.89. The summed E-state index contributed by atoms with van der Waals surface area (Å²) in [4.78, 5) is 2.50. The molecule has 0 saturated heterocycles. The lowest BCUT2D eigenvalue weighted by atomic mass is 10.2. The number of rotatable bonds is 9. The zero-order valence-corrected chi connectivity index (χ0v) is 13.3. The van der Waals surface area contributed by atoms with Gasteiger partial charge in [0.1, 0.15) is 0 Å². The molecule has 1 rings (SSSR count). The molecule has 114 valence electrons. The molecule has 1 aromatic carbocycles. The maximum absolute atomic E-state index is 12.1. The molecule has 5 nitrogen and oxygen atoms in total. The second-order valence-electron chi connectivity index (χ2n) is 4.60. The van der Waals surface area contributed by atoms with Crippen molar-refractivity contribution in [3.05, 3.63) is 29.8 Å². The molecular formula is C14H25N3O2S. The van der Waals surface area contributed by atoms with Gasteiger partial charge >= 0.3 is 0 Å². The van der Waals surface area contributed by atoms with E-state index in [-0.39, 0.29) is 0 Å². The van der Waals surface area contributed by atoms with E-state index in [1.54, 1.807) is 12.1 Å². The zero-order valence-electron chi connectivity index (χ0n) is 12.5. The first-order valence-corrected chi connectivity index (χ1v) is 8.47. The predicted molar refractivity (Wildman–Crippen MR) is 82.2 cm³/mol. The SMILES string of the molecule is CCN(CC)CCNS(=O)(=O)c1ccc(CNC)cc1. The average Bonchev–Trinajstić information content (AvgIpc) is 2.44. The van der Waals surface area contributed by atoms with Crippen LogP contribution >= 0.6 is 0 Å². The first kappa shape index (κ1) is 17.1. The fourth-order valence-electron chi connectivity index (χ4n) is 1.95. The Balaban J connectivity index is 2.59. The summed E-state index contributed by atoms with van der Waals surface area (Å²) in [5, 5.41) is 3.03. The van der Waals surface area contributed by atoms with Crippen molar-refractivity contribution in [1.29, 1.82) is 0 Å². The van der Waals surface area contributed by atoms with Gasteiger partial charge in [0.05, 0.1) is 4.90 Å². The molecule has 2 N–H and O–H groups in total. The third kappa shape index (κ3) is 5.20. The Morgan fingerprint density at radius 3 is 2.20 bits per heavy atom. The van der Waals surface area contributed by atoms with E-state index in [1.165, 1.54) is 0 Å². The molecule has 0 heterocycles. The molecule has 0 bridgehead atoms. The molecule has 0 aliphatic heterocycles. The third-order valence-corrected chi connectivity index (χ3v) is 4.71. The summed E-state index contributed by atoms with van der Waals surface area (Å²) >= 11 is 0. The molecule has 0 aliphatic carbocycles. The summed E-state index contributed by atoms with van der Waals surface area (Å²) in [6.45, 7) is 7.88. The van der Waals surface area contributed by atoms with Crippen molar-refractivity contribution < 1.29 is 8.42 Å². The molecule has 0 spiro atoms. The Hall–Kier alpha value is -0.950. The van der Waals surface area contributed by atoms with Gasteiger partial charge in [-0.1, -0.05) is 26.0 Å². The van der Waals surface area contributed by atoms with E-state index in [0.29, 0.717) is 11.4 Å². The highest BCUT2D eigenvalue weighted by Gasteiger charge is 2.13. The van der Waals surface area contributed by atoms with Gasteiger partial charge in [-0.15, -0.1) is 0 Å². The van der Waals surface area contributed by atoms with Crippen LogP contribution in [0.5, 0.6) is 0 Å². The van der Waals surface area contributed by atoms with E-state index in [0.717, 1.165) is 31.7 Å². The molecule has 0 fully saturated rings. The Labute approximate surface area is 122 Å². The van der Waals surface area contributed by atoms with Gasteiger partial charge in [0.2, 0.25) is 10.0 Å². The Kier molecular flexibility index (Phi) is 7.15. The first-order chi connectivity index (χ1) is 9.53. The smallest absolute Gasteiger partial charge is 0.240 e. The van der Waals surface area contributed by atoms with Gasteiger partial charge in [0, 0.05) is 19.6 Å². The van der Waals surface area contributed by atoms with Crippen LogP contribution in [0.2, 0.25) is 0 Å². The van der Waals surface area contributed by atoms with Crippen LogP contribution in [0.1, 0.15) is 19.4 Å². The van der Waals surface area contributed by atoms with E-state index in [2.05, 4.69) is 28.8 Å². The topological polar surface area (TPSA) is 61.4 Å². The molecule has 0 unspecified atom stereocenters. The largest absolute Gasteiger partial charge is 0.316 e. The normalized spacial score (nSPS) is 12.0. The molecular weight excluding hydrogens is 274 g/mol. The second-order valence-corrected chi connectivity index (χ2v) is 6.37. The van der Waals surface area contributed by atoms with Crippen molar-refractivity contribution in [3.8, 4) is 0 Å². The second kappa shape index (κ2) is 8.36. The minimum atomic E-state index is -3.40. The van der Waals surface area contributed by atoms with Crippen molar-refractivity contribution >= 4 is 10.0 Å². The average molecular weight is 299 g/mol. The van der Waals surface area contributed by atoms with Crippen molar-refractivity contribution in [2.75, 3.05) is 33.2 Å². The standard InChI is InChI=1S/C14H25N3O2S/c1-4-17(5-2)11-10-16-20(18,19)14-8-6-13(7-9-14)12-15-3/h6-9,15-16H,4-5,10-12H2,1-3H3. The van der Waals surface area contributed by atoms with E-state index in [4.69, 9.17) is 0 Å². The number of hydrogen-bond acceptors (Lipinski definition) is 4. The fraction of sp³-hybridized carbons (Fsp3) is 0.571. The molecule has 0 atom stereocenters. The van der Waals surface area contributed by atoms with Gasteiger partial charge in [-0.2, -0.15) is 0 Å². The van der Waals surface area contributed by atoms with Gasteiger partial charge in [0.15, 0.2) is 0 Å². The quantitative estimate of drug-likeness (QED) is 0.715. The Bertz CT molecular complexity index is 482. The first-order valence-electron chi connectivity index (χ1n) is 6.99. The number of hydrogen-bond donors (Lipinski definition) is 2. The molecule has 6 heteroatoms. The van der Waals surface area contributed by atoms with Gasteiger partial charge in [0.25, 0.3) is 0 Å². The molecule has 0 aliphatic rings. The van der Waals surface area contributed by atoms with Gasteiger partial charge in [-0.05, 0) is 37.8 Å². The van der Waals surface area contributed by atoms with E-state index in [1.807, 2.05) is 19.2 Å². The number of likely N-dealkylation sites (N-methyl/N-ethyl adjacent to an activating group) is 1. The van der Waals surface area contributed by atoms with E-state index < -0.39 is 10.0 Å². The van der Waals surface area contributed by atoms with Crippen LogP contribution in [0.15, 0.2) is 29.2 Å². The minimum absolute atomic E-state index is 0.317. The molecule has 0 radical (unpaired) electrons. The predicted octanol–water partition coefficient (Wildman–Crippen LogP) is 1.03. The maximum Gasteiger partial charge on any atom is 0.240 e. The van der Waals surface area contributed by atoms with Crippen LogP contribution in [-0.4, -0.2) is 46.5 Å². The monoisotopic (exact) mass is 299 g/mol. The lowest BCUT2D eigenvalue weighted by Gasteiger charge is -2.18. The summed E-state index contributed by atoms with van der Waals surface area (Å²) in [6.07, 6.45) is 0. The van der Waals surface area contributed by atoms with Crippen molar-refractivity contribution in [2.24, 2.45) is 0 Å².